The van der Waals surface area contributed by atoms with Gasteiger partial charge in [-0.1, -0.05) is 59.8 Å². The molecule has 0 aromatic rings. The maximum absolute atomic E-state index is 5.87. The Balaban J connectivity index is 2.42. The molecule has 0 amide bonds. The quantitative estimate of drug-likeness (QED) is 0.665. The van der Waals surface area contributed by atoms with Crippen LogP contribution in [-0.4, -0.2) is 6.54 Å². The lowest BCUT2D eigenvalue weighted by Crippen LogP contribution is -2.29. The lowest BCUT2D eigenvalue weighted by molar-refractivity contribution is 0.149. The smallest absolute Gasteiger partial charge is 0.00488 e. The van der Waals surface area contributed by atoms with Crippen molar-refractivity contribution in [3.05, 3.63) is 0 Å². The summed E-state index contributed by atoms with van der Waals surface area (Å²) >= 11 is 0. The average molecular weight is 239 g/mol. The zero-order valence-corrected chi connectivity index (χ0v) is 12.4. The minimum Gasteiger partial charge on any atom is -0.330 e. The summed E-state index contributed by atoms with van der Waals surface area (Å²) < 4.78 is 0. The van der Waals surface area contributed by atoms with Gasteiger partial charge in [-0.3, -0.25) is 0 Å². The maximum atomic E-state index is 5.87. The Morgan fingerprint density at radius 1 is 1.12 bits per heavy atom. The van der Waals surface area contributed by atoms with Gasteiger partial charge >= 0.3 is 0 Å². The lowest BCUT2D eigenvalue weighted by Gasteiger charge is -2.36. The predicted molar refractivity (Wildman–Crippen MR) is 76.9 cm³/mol. The molecule has 1 fully saturated rings. The molecule has 2 N–H and O–H groups in total. The third kappa shape index (κ3) is 4.28. The van der Waals surface area contributed by atoms with Gasteiger partial charge in [-0.2, -0.15) is 0 Å². The highest BCUT2D eigenvalue weighted by molar-refractivity contribution is 4.80. The molecule has 1 nitrogen and oxygen atoms in total. The second-order valence-corrected chi connectivity index (χ2v) is 6.55. The van der Waals surface area contributed by atoms with Crippen LogP contribution < -0.4 is 5.73 Å². The topological polar surface area (TPSA) is 26.0 Å². The Hall–Kier alpha value is -0.0400. The van der Waals surface area contributed by atoms with Crippen molar-refractivity contribution in [2.45, 2.75) is 66.2 Å². The Bertz CT molecular complexity index is 198. The van der Waals surface area contributed by atoms with Crippen LogP contribution in [0.1, 0.15) is 66.2 Å². The molecule has 0 aromatic heterocycles. The molecule has 17 heavy (non-hydrogen) atoms. The van der Waals surface area contributed by atoms with Gasteiger partial charge in [0.15, 0.2) is 0 Å². The van der Waals surface area contributed by atoms with E-state index in [0.29, 0.717) is 5.92 Å². The molecule has 1 saturated carbocycles. The maximum Gasteiger partial charge on any atom is -0.00488 e. The zero-order valence-electron chi connectivity index (χ0n) is 12.4. The van der Waals surface area contributed by atoms with Gasteiger partial charge in [0.05, 0.1) is 0 Å². The minimum absolute atomic E-state index is 0.693. The second kappa shape index (κ2) is 7.41. The van der Waals surface area contributed by atoms with Gasteiger partial charge in [-0.15, -0.1) is 0 Å². The van der Waals surface area contributed by atoms with Gasteiger partial charge in [0, 0.05) is 0 Å². The van der Waals surface area contributed by atoms with E-state index in [1.54, 1.807) is 0 Å². The number of hydrogen-bond donors (Lipinski definition) is 1. The van der Waals surface area contributed by atoms with Crippen LogP contribution >= 0.6 is 0 Å². The highest BCUT2D eigenvalue weighted by atomic mass is 14.6. The molecule has 0 radical (unpaired) electrons. The molecule has 1 aliphatic rings. The van der Waals surface area contributed by atoms with Gasteiger partial charge in [0.2, 0.25) is 0 Å². The van der Waals surface area contributed by atoms with Crippen molar-refractivity contribution in [2.75, 3.05) is 6.54 Å². The number of hydrogen-bond acceptors (Lipinski definition) is 1. The van der Waals surface area contributed by atoms with Crippen LogP contribution in [0.25, 0.3) is 0 Å². The van der Waals surface area contributed by atoms with Crippen LogP contribution in [-0.2, 0) is 0 Å². The SMILES string of the molecule is CCCC(C(C)CN)C(C)CC(C)C1CCC1. The fourth-order valence-electron chi connectivity index (χ4n) is 3.60. The van der Waals surface area contributed by atoms with Crippen molar-refractivity contribution in [3.63, 3.8) is 0 Å². The average Bonchev–Trinajstić information content (AvgIpc) is 2.22. The van der Waals surface area contributed by atoms with Crippen molar-refractivity contribution in [2.24, 2.45) is 35.3 Å². The summed E-state index contributed by atoms with van der Waals surface area (Å²) in [6, 6.07) is 0. The molecule has 1 rings (SSSR count). The van der Waals surface area contributed by atoms with E-state index in [0.717, 1.165) is 30.2 Å². The van der Waals surface area contributed by atoms with Crippen molar-refractivity contribution in [3.8, 4) is 0 Å². The van der Waals surface area contributed by atoms with Crippen LogP contribution in [0, 0.1) is 29.6 Å². The van der Waals surface area contributed by atoms with Crippen LogP contribution in [0.4, 0.5) is 0 Å². The van der Waals surface area contributed by atoms with E-state index >= 15 is 0 Å². The Kier molecular flexibility index (Phi) is 6.54. The van der Waals surface area contributed by atoms with Crippen molar-refractivity contribution in [1.82, 2.24) is 0 Å². The van der Waals surface area contributed by atoms with Crippen molar-refractivity contribution >= 4 is 0 Å². The van der Waals surface area contributed by atoms with E-state index in [-0.39, 0.29) is 0 Å². The molecular formula is C16H33N. The largest absolute Gasteiger partial charge is 0.330 e. The molecule has 0 aromatic carbocycles. The highest BCUT2D eigenvalue weighted by Gasteiger charge is 2.28. The van der Waals surface area contributed by atoms with E-state index in [1.807, 2.05) is 0 Å². The van der Waals surface area contributed by atoms with Crippen molar-refractivity contribution in [1.29, 1.82) is 0 Å². The van der Waals surface area contributed by atoms with Crippen LogP contribution in [0.3, 0.4) is 0 Å². The van der Waals surface area contributed by atoms with Gasteiger partial charge in [-0.25, -0.2) is 0 Å². The van der Waals surface area contributed by atoms with Gasteiger partial charge < -0.3 is 5.73 Å². The summed E-state index contributed by atoms with van der Waals surface area (Å²) in [5, 5.41) is 0. The van der Waals surface area contributed by atoms with Crippen LogP contribution in [0.15, 0.2) is 0 Å². The zero-order chi connectivity index (χ0) is 12.8. The van der Waals surface area contributed by atoms with E-state index < -0.39 is 0 Å². The molecule has 1 heteroatoms. The third-order valence-electron chi connectivity index (χ3n) is 5.15. The first-order chi connectivity index (χ1) is 8.10. The fraction of sp³-hybridized carbons (Fsp3) is 1.00. The number of nitrogens with two attached hydrogens (primary N) is 1. The second-order valence-electron chi connectivity index (χ2n) is 6.55. The molecule has 4 unspecified atom stereocenters. The van der Waals surface area contributed by atoms with E-state index in [9.17, 15) is 0 Å². The van der Waals surface area contributed by atoms with E-state index in [1.165, 1.54) is 38.5 Å². The summed E-state index contributed by atoms with van der Waals surface area (Å²) in [4.78, 5) is 0. The van der Waals surface area contributed by atoms with E-state index in [4.69, 9.17) is 5.73 Å². The standard InChI is InChI=1S/C16H33N/c1-5-7-16(14(4)11-17)13(3)10-12(2)15-8-6-9-15/h12-16H,5-11,17H2,1-4H3. The van der Waals surface area contributed by atoms with Gasteiger partial charge in [0.1, 0.15) is 0 Å². The first-order valence-electron chi connectivity index (χ1n) is 7.80. The normalized spacial score (nSPS) is 23.8. The van der Waals surface area contributed by atoms with Crippen LogP contribution in [0.5, 0.6) is 0 Å². The van der Waals surface area contributed by atoms with E-state index in [2.05, 4.69) is 27.7 Å². The molecule has 0 spiro atoms. The first-order valence-corrected chi connectivity index (χ1v) is 7.80. The van der Waals surface area contributed by atoms with Gasteiger partial charge in [-0.05, 0) is 42.6 Å². The summed E-state index contributed by atoms with van der Waals surface area (Å²) in [7, 11) is 0. The number of rotatable bonds is 8. The summed E-state index contributed by atoms with van der Waals surface area (Å²) in [5.74, 6) is 4.35. The molecule has 102 valence electrons. The van der Waals surface area contributed by atoms with Crippen molar-refractivity contribution < 1.29 is 0 Å². The predicted octanol–water partition coefficient (Wildman–Crippen LogP) is 4.46. The molecule has 1 aliphatic carbocycles. The molecule has 0 saturated heterocycles. The lowest BCUT2D eigenvalue weighted by atomic mass is 9.70. The van der Waals surface area contributed by atoms with Crippen LogP contribution in [0.2, 0.25) is 0 Å². The molecule has 0 heterocycles. The Labute approximate surface area is 109 Å². The highest BCUT2D eigenvalue weighted by Crippen LogP contribution is 2.39. The summed E-state index contributed by atoms with van der Waals surface area (Å²) in [6.45, 7) is 10.4. The molecular weight excluding hydrogens is 206 g/mol. The monoisotopic (exact) mass is 239 g/mol. The summed E-state index contributed by atoms with van der Waals surface area (Å²) in [5.41, 5.74) is 5.87. The molecule has 4 atom stereocenters. The molecule has 0 aliphatic heterocycles. The minimum atomic E-state index is 0.693. The first kappa shape index (κ1) is 15.0. The third-order valence-corrected chi connectivity index (χ3v) is 5.15. The summed E-state index contributed by atoms with van der Waals surface area (Å²) in [6.07, 6.45) is 8.52. The molecule has 0 bridgehead atoms. The van der Waals surface area contributed by atoms with Gasteiger partial charge in [0.25, 0.3) is 0 Å². The Morgan fingerprint density at radius 3 is 2.18 bits per heavy atom. The fourth-order valence-corrected chi connectivity index (χ4v) is 3.60. The Morgan fingerprint density at radius 2 is 1.76 bits per heavy atom.